The van der Waals surface area contributed by atoms with Gasteiger partial charge in [0.2, 0.25) is 0 Å². The molecule has 1 fully saturated rings. The number of anilines is 3. The summed E-state index contributed by atoms with van der Waals surface area (Å²) in [6.07, 6.45) is -3.05. The van der Waals surface area contributed by atoms with Crippen LogP contribution in [0.25, 0.3) is 11.3 Å². The van der Waals surface area contributed by atoms with Crippen LogP contribution in [0.2, 0.25) is 5.15 Å². The van der Waals surface area contributed by atoms with E-state index >= 15 is 0 Å². The van der Waals surface area contributed by atoms with Crippen molar-refractivity contribution in [3.8, 4) is 11.3 Å². The molecule has 12 heteroatoms. The van der Waals surface area contributed by atoms with Crippen LogP contribution in [-0.2, 0) is 10.9 Å². The number of nitrogens with one attached hydrogen (secondary N) is 1. The molecule has 1 aliphatic rings. The molecule has 0 amide bonds. The minimum absolute atomic E-state index is 0.0485. The molecular formula is C21H20ClF4N5OS. The maximum atomic E-state index is 14.2. The molecule has 0 aliphatic carbocycles. The molecule has 1 aliphatic heterocycles. The van der Waals surface area contributed by atoms with Gasteiger partial charge in [-0.2, -0.15) is 13.2 Å². The van der Waals surface area contributed by atoms with E-state index in [0.29, 0.717) is 40.9 Å². The van der Waals surface area contributed by atoms with E-state index in [4.69, 9.17) is 16.3 Å². The van der Waals surface area contributed by atoms with Crippen molar-refractivity contribution in [2.75, 3.05) is 30.4 Å². The van der Waals surface area contributed by atoms with Gasteiger partial charge < -0.3 is 15.0 Å². The van der Waals surface area contributed by atoms with E-state index in [2.05, 4.69) is 20.3 Å². The Morgan fingerprint density at radius 3 is 2.48 bits per heavy atom. The lowest BCUT2D eigenvalue weighted by atomic mass is 10.1. The first-order valence-electron chi connectivity index (χ1n) is 10.1. The first kappa shape index (κ1) is 23.7. The molecule has 1 saturated heterocycles. The predicted molar refractivity (Wildman–Crippen MR) is 120 cm³/mol. The summed E-state index contributed by atoms with van der Waals surface area (Å²) in [5.41, 5.74) is -0.755. The zero-order valence-electron chi connectivity index (χ0n) is 17.7. The minimum Gasteiger partial charge on any atom is -0.381 e. The van der Waals surface area contributed by atoms with Gasteiger partial charge in [-0.15, -0.1) is 0 Å². The highest BCUT2D eigenvalue weighted by molar-refractivity contribution is 7.20. The zero-order valence-corrected chi connectivity index (χ0v) is 19.3. The number of hydrogen-bond acceptors (Lipinski definition) is 7. The Morgan fingerprint density at radius 1 is 1.12 bits per heavy atom. The van der Waals surface area contributed by atoms with Crippen LogP contribution in [0.5, 0.6) is 0 Å². The maximum Gasteiger partial charge on any atom is 0.416 e. The minimum atomic E-state index is -4.68. The summed E-state index contributed by atoms with van der Waals surface area (Å²) in [6.45, 7) is 2.95. The van der Waals surface area contributed by atoms with Gasteiger partial charge in [-0.25, -0.2) is 19.3 Å². The second kappa shape index (κ2) is 9.40. The summed E-state index contributed by atoms with van der Waals surface area (Å²) in [5, 5.41) is 4.31. The molecule has 6 nitrogen and oxygen atoms in total. The number of halogens is 5. The average molecular weight is 502 g/mol. The SMILES string of the molecule is COC1CCN(c2sc(Nc3cc(Cl)nc(C)n3)nc2-c2cc(F)cc(C(F)(F)F)c2)CC1. The van der Waals surface area contributed by atoms with Crippen LogP contribution in [0.15, 0.2) is 24.3 Å². The van der Waals surface area contributed by atoms with Crippen LogP contribution in [0.1, 0.15) is 24.2 Å². The summed E-state index contributed by atoms with van der Waals surface area (Å²) >= 11 is 7.25. The normalized spacial score (nSPS) is 15.2. The van der Waals surface area contributed by atoms with E-state index in [0.717, 1.165) is 25.0 Å². The van der Waals surface area contributed by atoms with Crippen molar-refractivity contribution in [3.05, 3.63) is 46.6 Å². The van der Waals surface area contributed by atoms with Crippen molar-refractivity contribution in [2.24, 2.45) is 0 Å². The predicted octanol–water partition coefficient (Wildman–Crippen LogP) is 6.08. The molecule has 0 atom stereocenters. The number of piperidine rings is 1. The van der Waals surface area contributed by atoms with Crippen LogP contribution in [0, 0.1) is 12.7 Å². The van der Waals surface area contributed by atoms with Crippen molar-refractivity contribution >= 4 is 38.9 Å². The molecule has 1 N–H and O–H groups in total. The van der Waals surface area contributed by atoms with Crippen LogP contribution >= 0.6 is 22.9 Å². The Kier molecular flexibility index (Phi) is 6.73. The summed E-state index contributed by atoms with van der Waals surface area (Å²) in [5.74, 6) is -0.138. The largest absolute Gasteiger partial charge is 0.416 e. The average Bonchev–Trinajstić information content (AvgIpc) is 3.15. The van der Waals surface area contributed by atoms with E-state index in [1.165, 1.54) is 17.4 Å². The number of aryl methyl sites for hydroxylation is 1. The monoisotopic (exact) mass is 501 g/mol. The fourth-order valence-electron chi connectivity index (χ4n) is 3.66. The fraction of sp³-hybridized carbons (Fsp3) is 0.381. The second-order valence-corrected chi connectivity index (χ2v) is 8.93. The molecule has 0 unspecified atom stereocenters. The van der Waals surface area contributed by atoms with E-state index in [1.807, 2.05) is 4.90 Å². The molecule has 0 bridgehead atoms. The van der Waals surface area contributed by atoms with Gasteiger partial charge in [-0.1, -0.05) is 22.9 Å². The van der Waals surface area contributed by atoms with Crippen molar-refractivity contribution < 1.29 is 22.3 Å². The molecule has 4 rings (SSSR count). The smallest absolute Gasteiger partial charge is 0.381 e. The highest BCUT2D eigenvalue weighted by Crippen LogP contribution is 2.42. The van der Waals surface area contributed by atoms with Gasteiger partial charge in [0.25, 0.3) is 0 Å². The van der Waals surface area contributed by atoms with Gasteiger partial charge in [0.1, 0.15) is 33.3 Å². The van der Waals surface area contributed by atoms with Crippen LogP contribution in [0.3, 0.4) is 0 Å². The van der Waals surface area contributed by atoms with E-state index < -0.39 is 17.6 Å². The maximum absolute atomic E-state index is 14.2. The first-order valence-corrected chi connectivity index (χ1v) is 11.3. The number of benzene rings is 1. The Morgan fingerprint density at radius 2 is 1.85 bits per heavy atom. The number of aromatic nitrogens is 3. The molecule has 3 aromatic rings. The summed E-state index contributed by atoms with van der Waals surface area (Å²) < 4.78 is 59.5. The van der Waals surface area contributed by atoms with Crippen molar-refractivity contribution in [2.45, 2.75) is 32.0 Å². The molecule has 176 valence electrons. The van der Waals surface area contributed by atoms with Gasteiger partial charge in [0.05, 0.1) is 11.7 Å². The highest BCUT2D eigenvalue weighted by atomic mass is 35.5. The standard InChI is InChI=1S/C21H20ClF4N5OS/c1-11-27-16(22)10-17(28-11)29-20-30-18(12-7-13(21(24,25)26)9-14(23)8-12)19(33-20)31-5-3-15(32-2)4-6-31/h7-10,15H,3-6H2,1-2H3,(H,27,28,29,30). The van der Waals surface area contributed by atoms with Gasteiger partial charge in [-0.05, 0) is 38.0 Å². The highest BCUT2D eigenvalue weighted by Gasteiger charge is 2.32. The van der Waals surface area contributed by atoms with E-state index in [-0.39, 0.29) is 22.5 Å². The number of hydrogen-bond donors (Lipinski definition) is 1. The molecule has 33 heavy (non-hydrogen) atoms. The third kappa shape index (κ3) is 5.53. The molecule has 0 spiro atoms. The van der Waals surface area contributed by atoms with Crippen LogP contribution in [-0.4, -0.2) is 41.3 Å². The topological polar surface area (TPSA) is 63.2 Å². The number of rotatable bonds is 5. The third-order valence-electron chi connectivity index (χ3n) is 5.21. The number of nitrogens with zero attached hydrogens (tertiary/aromatic N) is 4. The van der Waals surface area contributed by atoms with Gasteiger partial charge in [0, 0.05) is 31.8 Å². The Bertz CT molecular complexity index is 1130. The Balaban J connectivity index is 1.75. The van der Waals surface area contributed by atoms with Gasteiger partial charge >= 0.3 is 6.18 Å². The van der Waals surface area contributed by atoms with E-state index in [1.54, 1.807) is 14.0 Å². The van der Waals surface area contributed by atoms with E-state index in [9.17, 15) is 17.6 Å². The second-order valence-electron chi connectivity index (χ2n) is 7.57. The van der Waals surface area contributed by atoms with Gasteiger partial charge in [0.15, 0.2) is 5.13 Å². The summed E-state index contributed by atoms with van der Waals surface area (Å²) in [7, 11) is 1.65. The van der Waals surface area contributed by atoms with Crippen LogP contribution in [0.4, 0.5) is 33.5 Å². The van der Waals surface area contributed by atoms with Crippen molar-refractivity contribution in [1.82, 2.24) is 15.0 Å². The Labute approximate surface area is 196 Å². The molecule has 0 radical (unpaired) electrons. The summed E-state index contributed by atoms with van der Waals surface area (Å²) in [6, 6.07) is 3.97. The zero-order chi connectivity index (χ0) is 23.8. The third-order valence-corrected chi connectivity index (χ3v) is 6.44. The number of thiazole rings is 1. The molecule has 1 aromatic carbocycles. The number of ether oxygens (including phenoxy) is 1. The quantitative estimate of drug-likeness (QED) is 0.338. The molecule has 3 heterocycles. The lowest BCUT2D eigenvalue weighted by Crippen LogP contribution is -2.36. The van der Waals surface area contributed by atoms with Gasteiger partial charge in [-0.3, -0.25) is 0 Å². The van der Waals surface area contributed by atoms with Crippen molar-refractivity contribution in [3.63, 3.8) is 0 Å². The van der Waals surface area contributed by atoms with Crippen LogP contribution < -0.4 is 10.2 Å². The molecule has 0 saturated carbocycles. The van der Waals surface area contributed by atoms with Crippen molar-refractivity contribution in [1.29, 1.82) is 0 Å². The first-order chi connectivity index (χ1) is 15.6. The number of alkyl halides is 3. The lowest BCUT2D eigenvalue weighted by Gasteiger charge is -2.32. The molecular weight excluding hydrogens is 482 g/mol. The fourth-order valence-corrected chi connectivity index (χ4v) is 4.93. The molecule has 2 aromatic heterocycles. The Hall–Kier alpha value is -2.50. The lowest BCUT2D eigenvalue weighted by molar-refractivity contribution is -0.137. The number of methoxy groups -OCH3 is 1. The summed E-state index contributed by atoms with van der Waals surface area (Å²) in [4.78, 5) is 14.8.